The van der Waals surface area contributed by atoms with Gasteiger partial charge in [0.1, 0.15) is 0 Å². The Labute approximate surface area is 87.5 Å². The lowest BCUT2D eigenvalue weighted by molar-refractivity contribution is 0.232. The molecule has 4 atom stereocenters. The molecule has 0 aromatic carbocycles. The minimum Gasteiger partial charge on any atom is -0.198 e. The van der Waals surface area contributed by atoms with Crippen LogP contribution in [0.15, 0.2) is 0 Å². The van der Waals surface area contributed by atoms with Gasteiger partial charge in [-0.05, 0) is 56.8 Å². The highest BCUT2D eigenvalue weighted by Crippen LogP contribution is 2.52. The Morgan fingerprint density at radius 2 is 2.14 bits per heavy atom. The van der Waals surface area contributed by atoms with Crippen molar-refractivity contribution in [2.45, 2.75) is 52.4 Å². The van der Waals surface area contributed by atoms with Gasteiger partial charge in [0, 0.05) is 0 Å². The van der Waals surface area contributed by atoms with Crippen LogP contribution >= 0.6 is 0 Å². The van der Waals surface area contributed by atoms with E-state index in [1.54, 1.807) is 0 Å². The predicted octanol–water partition coefficient (Wildman–Crippen LogP) is 3.75. The minimum absolute atomic E-state index is 0.0465. The van der Waals surface area contributed by atoms with Crippen molar-refractivity contribution in [3.8, 4) is 6.07 Å². The fourth-order valence-corrected chi connectivity index (χ4v) is 3.47. The third-order valence-electron chi connectivity index (χ3n) is 4.65. The largest absolute Gasteiger partial charge is 0.198 e. The van der Waals surface area contributed by atoms with E-state index in [0.29, 0.717) is 0 Å². The molecule has 0 saturated heterocycles. The summed E-state index contributed by atoms with van der Waals surface area (Å²) >= 11 is 0. The van der Waals surface area contributed by atoms with Gasteiger partial charge >= 0.3 is 0 Å². The maximum Gasteiger partial charge on any atom is 0.0686 e. The maximum atomic E-state index is 9.17. The summed E-state index contributed by atoms with van der Waals surface area (Å²) in [7, 11) is 0. The van der Waals surface area contributed by atoms with E-state index in [4.69, 9.17) is 5.26 Å². The lowest BCUT2D eigenvalue weighted by atomic mass is 9.74. The van der Waals surface area contributed by atoms with Crippen molar-refractivity contribution in [1.82, 2.24) is 0 Å². The quantitative estimate of drug-likeness (QED) is 0.666. The zero-order valence-corrected chi connectivity index (χ0v) is 9.42. The molecule has 2 aliphatic carbocycles. The molecule has 1 heteroatoms. The van der Waals surface area contributed by atoms with Crippen molar-refractivity contribution >= 4 is 0 Å². The Hall–Kier alpha value is -0.510. The second-order valence-electron chi connectivity index (χ2n) is 5.67. The average Bonchev–Trinajstić information content (AvgIpc) is 2.79. The number of hydrogen-bond acceptors (Lipinski definition) is 1. The molecule has 2 rings (SSSR count). The third kappa shape index (κ3) is 1.67. The second kappa shape index (κ2) is 3.57. The Bertz CT molecular complexity index is 252. The molecule has 2 saturated carbocycles. The third-order valence-corrected chi connectivity index (χ3v) is 4.65. The van der Waals surface area contributed by atoms with Gasteiger partial charge < -0.3 is 0 Å². The van der Waals surface area contributed by atoms with Crippen LogP contribution in [0.3, 0.4) is 0 Å². The first kappa shape index (κ1) is 10.0. The summed E-state index contributed by atoms with van der Waals surface area (Å²) in [6.45, 7) is 4.29. The summed E-state index contributed by atoms with van der Waals surface area (Å²) in [6.07, 6.45) is 7.97. The summed E-state index contributed by atoms with van der Waals surface area (Å²) in [6, 6.07) is 2.51. The van der Waals surface area contributed by atoms with Crippen LogP contribution in [0.2, 0.25) is 0 Å². The lowest BCUT2D eigenvalue weighted by Crippen LogP contribution is -2.21. The smallest absolute Gasteiger partial charge is 0.0686 e. The van der Waals surface area contributed by atoms with Gasteiger partial charge in [0.05, 0.1) is 11.5 Å². The summed E-state index contributed by atoms with van der Waals surface area (Å²) < 4.78 is 0. The van der Waals surface area contributed by atoms with Gasteiger partial charge in [-0.15, -0.1) is 0 Å². The number of fused-ring (bicyclic) bond motifs is 2. The van der Waals surface area contributed by atoms with Crippen LogP contribution in [0.1, 0.15) is 52.4 Å². The van der Waals surface area contributed by atoms with Crippen molar-refractivity contribution in [3.63, 3.8) is 0 Å². The molecule has 0 heterocycles. The molecule has 0 spiro atoms. The van der Waals surface area contributed by atoms with Crippen molar-refractivity contribution in [2.24, 2.45) is 23.2 Å². The van der Waals surface area contributed by atoms with E-state index < -0.39 is 0 Å². The van der Waals surface area contributed by atoms with Crippen LogP contribution in [0.25, 0.3) is 0 Å². The summed E-state index contributed by atoms with van der Waals surface area (Å²) in [5.74, 6) is 2.86. The van der Waals surface area contributed by atoms with E-state index in [0.717, 1.165) is 30.6 Å². The van der Waals surface area contributed by atoms with Crippen molar-refractivity contribution in [3.05, 3.63) is 0 Å². The minimum atomic E-state index is -0.0465. The molecule has 4 unspecified atom stereocenters. The summed E-state index contributed by atoms with van der Waals surface area (Å²) in [5, 5.41) is 9.17. The zero-order valence-electron chi connectivity index (χ0n) is 9.42. The van der Waals surface area contributed by atoms with Crippen LogP contribution < -0.4 is 0 Å². The molecule has 0 radical (unpaired) electrons. The van der Waals surface area contributed by atoms with Crippen LogP contribution in [-0.2, 0) is 0 Å². The van der Waals surface area contributed by atoms with E-state index in [9.17, 15) is 0 Å². The molecule has 2 bridgehead atoms. The molecular weight excluding hydrogens is 170 g/mol. The standard InChI is InChI=1S/C13H21N/c1-3-13(2,9-14)8-12-7-10-4-5-11(12)6-10/h10-12H,3-8H2,1-2H3. The molecule has 0 aromatic heterocycles. The van der Waals surface area contributed by atoms with Crippen LogP contribution in [0, 0.1) is 34.5 Å². The van der Waals surface area contributed by atoms with Crippen LogP contribution in [-0.4, -0.2) is 0 Å². The van der Waals surface area contributed by atoms with E-state index in [1.165, 1.54) is 25.7 Å². The Morgan fingerprint density at radius 1 is 1.36 bits per heavy atom. The SMILES string of the molecule is CCC(C)(C#N)CC1CC2CCC1C2. The Kier molecular flexibility index (Phi) is 2.56. The fourth-order valence-electron chi connectivity index (χ4n) is 3.47. The van der Waals surface area contributed by atoms with Crippen molar-refractivity contribution < 1.29 is 0 Å². The van der Waals surface area contributed by atoms with Crippen molar-refractivity contribution in [1.29, 1.82) is 5.26 Å². The molecular formula is C13H21N. The highest BCUT2D eigenvalue weighted by Gasteiger charge is 2.42. The highest BCUT2D eigenvalue weighted by molar-refractivity contribution is 5.00. The number of rotatable bonds is 3. The molecule has 0 amide bonds. The molecule has 78 valence electrons. The van der Waals surface area contributed by atoms with Gasteiger partial charge in [0.15, 0.2) is 0 Å². The van der Waals surface area contributed by atoms with Gasteiger partial charge in [-0.2, -0.15) is 5.26 Å². The first-order chi connectivity index (χ1) is 6.67. The van der Waals surface area contributed by atoms with Gasteiger partial charge in [0.2, 0.25) is 0 Å². The molecule has 14 heavy (non-hydrogen) atoms. The molecule has 0 aromatic rings. The zero-order chi connectivity index (χ0) is 10.2. The maximum absolute atomic E-state index is 9.17. The average molecular weight is 191 g/mol. The topological polar surface area (TPSA) is 23.8 Å². The predicted molar refractivity (Wildman–Crippen MR) is 57.6 cm³/mol. The van der Waals surface area contributed by atoms with E-state index >= 15 is 0 Å². The van der Waals surface area contributed by atoms with E-state index in [2.05, 4.69) is 19.9 Å². The monoisotopic (exact) mass is 191 g/mol. The Morgan fingerprint density at radius 3 is 2.57 bits per heavy atom. The van der Waals surface area contributed by atoms with Crippen LogP contribution in [0.5, 0.6) is 0 Å². The molecule has 2 aliphatic rings. The first-order valence-corrected chi connectivity index (χ1v) is 6.08. The van der Waals surface area contributed by atoms with Gasteiger partial charge in [0.25, 0.3) is 0 Å². The van der Waals surface area contributed by atoms with Crippen LogP contribution in [0.4, 0.5) is 0 Å². The highest BCUT2D eigenvalue weighted by atomic mass is 14.5. The molecule has 0 aliphatic heterocycles. The van der Waals surface area contributed by atoms with Gasteiger partial charge in [-0.1, -0.05) is 13.3 Å². The normalized spacial score (nSPS) is 39.4. The van der Waals surface area contributed by atoms with Gasteiger partial charge in [-0.3, -0.25) is 0 Å². The number of nitriles is 1. The van der Waals surface area contributed by atoms with E-state index in [1.807, 2.05) is 0 Å². The Balaban J connectivity index is 1.95. The second-order valence-corrected chi connectivity index (χ2v) is 5.67. The molecule has 1 nitrogen and oxygen atoms in total. The number of hydrogen-bond donors (Lipinski definition) is 0. The van der Waals surface area contributed by atoms with Crippen molar-refractivity contribution in [2.75, 3.05) is 0 Å². The lowest BCUT2D eigenvalue weighted by Gasteiger charge is -2.29. The van der Waals surface area contributed by atoms with Gasteiger partial charge in [-0.25, -0.2) is 0 Å². The first-order valence-electron chi connectivity index (χ1n) is 6.08. The van der Waals surface area contributed by atoms with E-state index in [-0.39, 0.29) is 5.41 Å². The summed E-state index contributed by atoms with van der Waals surface area (Å²) in [5.41, 5.74) is -0.0465. The molecule has 0 N–H and O–H groups in total. The fraction of sp³-hybridized carbons (Fsp3) is 0.923. The number of nitrogens with zero attached hydrogens (tertiary/aromatic N) is 1. The summed E-state index contributed by atoms with van der Waals surface area (Å²) in [4.78, 5) is 0. The molecule has 2 fully saturated rings.